The largest absolute Gasteiger partial charge is 0.481 e. The van der Waals surface area contributed by atoms with Crippen molar-refractivity contribution >= 4 is 29.6 Å². The average Bonchev–Trinajstić information content (AvgIpc) is 2.30. The minimum atomic E-state index is -1.07. The summed E-state index contributed by atoms with van der Waals surface area (Å²) in [5.41, 5.74) is 0. The number of carboxylic acid groups (broad SMARTS) is 2. The number of amides is 1. The zero-order valence-electron chi connectivity index (χ0n) is 10.5. The molecule has 0 aromatic carbocycles. The monoisotopic (exact) mass is 277 g/mol. The first-order chi connectivity index (χ1) is 8.38. The first kappa shape index (κ1) is 16.8. The highest BCUT2D eigenvalue weighted by molar-refractivity contribution is 7.98. The topological polar surface area (TPSA) is 104 Å². The van der Waals surface area contributed by atoms with Crippen molar-refractivity contribution in [3.63, 3.8) is 0 Å². The summed E-state index contributed by atoms with van der Waals surface area (Å²) in [4.78, 5) is 32.9. The van der Waals surface area contributed by atoms with Crippen LogP contribution in [0.4, 0.5) is 0 Å². The molecule has 0 saturated carbocycles. The Morgan fingerprint density at radius 1 is 1.22 bits per heavy atom. The van der Waals surface area contributed by atoms with Crippen LogP contribution in [0.15, 0.2) is 0 Å². The summed E-state index contributed by atoms with van der Waals surface area (Å²) in [5.74, 6) is -2.31. The summed E-state index contributed by atoms with van der Waals surface area (Å²) in [6.07, 6.45) is 2.32. The van der Waals surface area contributed by atoms with Crippen molar-refractivity contribution in [3.05, 3.63) is 0 Å². The highest BCUT2D eigenvalue weighted by Crippen LogP contribution is 2.08. The van der Waals surface area contributed by atoms with Crippen LogP contribution in [0.25, 0.3) is 0 Å². The van der Waals surface area contributed by atoms with Crippen LogP contribution in [0.5, 0.6) is 0 Å². The van der Waals surface area contributed by atoms with Crippen molar-refractivity contribution in [1.29, 1.82) is 0 Å². The molecule has 0 spiro atoms. The minimum Gasteiger partial charge on any atom is -0.481 e. The Labute approximate surface area is 110 Å². The van der Waals surface area contributed by atoms with Gasteiger partial charge in [0.2, 0.25) is 5.91 Å². The summed E-state index contributed by atoms with van der Waals surface area (Å²) in [6, 6.07) is -0.905. The van der Waals surface area contributed by atoms with E-state index < -0.39 is 29.8 Å². The first-order valence-corrected chi connectivity index (χ1v) is 7.01. The summed E-state index contributed by atoms with van der Waals surface area (Å²) in [7, 11) is 0. The number of thioether (sulfide) groups is 1. The van der Waals surface area contributed by atoms with Crippen LogP contribution < -0.4 is 5.32 Å². The lowest BCUT2D eigenvalue weighted by molar-refractivity contribution is -0.143. The maximum atomic E-state index is 11.7. The van der Waals surface area contributed by atoms with Crippen LogP contribution in [0.1, 0.15) is 26.2 Å². The highest BCUT2D eigenvalue weighted by Gasteiger charge is 2.22. The molecular formula is C11H19NO5S. The Bertz CT molecular complexity index is 308. The smallest absolute Gasteiger partial charge is 0.326 e. The van der Waals surface area contributed by atoms with Crippen LogP contribution in [0.3, 0.4) is 0 Å². The molecule has 0 aromatic rings. The maximum Gasteiger partial charge on any atom is 0.326 e. The third-order valence-corrected chi connectivity index (χ3v) is 3.11. The molecule has 104 valence electrons. The number of hydrogen-bond donors (Lipinski definition) is 3. The predicted molar refractivity (Wildman–Crippen MR) is 68.6 cm³/mol. The fraction of sp³-hybridized carbons (Fsp3) is 0.727. The quantitative estimate of drug-likeness (QED) is 0.576. The van der Waals surface area contributed by atoms with Crippen molar-refractivity contribution in [2.45, 2.75) is 32.2 Å². The van der Waals surface area contributed by atoms with Gasteiger partial charge in [0.1, 0.15) is 6.04 Å². The molecule has 0 fully saturated rings. The normalized spacial score (nSPS) is 13.7. The predicted octanol–water partition coefficient (Wildman–Crippen LogP) is 0.810. The van der Waals surface area contributed by atoms with Crippen molar-refractivity contribution in [2.24, 2.45) is 5.92 Å². The molecular weight excluding hydrogens is 258 g/mol. The van der Waals surface area contributed by atoms with E-state index in [-0.39, 0.29) is 12.8 Å². The van der Waals surface area contributed by atoms with Crippen molar-refractivity contribution in [3.8, 4) is 0 Å². The van der Waals surface area contributed by atoms with Crippen LogP contribution in [-0.2, 0) is 14.4 Å². The summed E-state index contributed by atoms with van der Waals surface area (Å²) < 4.78 is 0. The van der Waals surface area contributed by atoms with E-state index in [1.54, 1.807) is 6.92 Å². The molecule has 1 unspecified atom stereocenters. The number of aliphatic carboxylic acids is 2. The van der Waals surface area contributed by atoms with Crippen molar-refractivity contribution in [2.75, 3.05) is 12.0 Å². The number of carbonyl (C=O) groups is 3. The van der Waals surface area contributed by atoms with Gasteiger partial charge in [-0.2, -0.15) is 11.8 Å². The second-order valence-corrected chi connectivity index (χ2v) is 5.00. The van der Waals surface area contributed by atoms with E-state index in [4.69, 9.17) is 10.2 Å². The van der Waals surface area contributed by atoms with E-state index in [0.717, 1.165) is 0 Å². The fourth-order valence-corrected chi connectivity index (χ4v) is 1.75. The van der Waals surface area contributed by atoms with Crippen LogP contribution in [-0.4, -0.2) is 46.1 Å². The Balaban J connectivity index is 4.22. The Morgan fingerprint density at radius 2 is 1.83 bits per heavy atom. The Hall–Kier alpha value is -1.24. The molecule has 0 aliphatic heterocycles. The van der Waals surface area contributed by atoms with Crippen molar-refractivity contribution in [1.82, 2.24) is 5.32 Å². The number of hydrogen-bond acceptors (Lipinski definition) is 4. The molecule has 2 atom stereocenters. The molecule has 0 radical (unpaired) electrons. The second kappa shape index (κ2) is 8.79. The van der Waals surface area contributed by atoms with Gasteiger partial charge in [-0.15, -0.1) is 0 Å². The van der Waals surface area contributed by atoms with Gasteiger partial charge in [-0.05, 0) is 24.9 Å². The van der Waals surface area contributed by atoms with Crippen LogP contribution in [0.2, 0.25) is 0 Å². The van der Waals surface area contributed by atoms with Gasteiger partial charge >= 0.3 is 11.9 Å². The fourth-order valence-electron chi connectivity index (χ4n) is 1.28. The van der Waals surface area contributed by atoms with Gasteiger partial charge in [0.05, 0.1) is 0 Å². The molecule has 0 aliphatic carbocycles. The van der Waals surface area contributed by atoms with Gasteiger partial charge in [-0.1, -0.05) is 6.92 Å². The molecule has 0 rings (SSSR count). The van der Waals surface area contributed by atoms with Crippen molar-refractivity contribution < 1.29 is 24.6 Å². The van der Waals surface area contributed by atoms with E-state index in [1.807, 2.05) is 6.26 Å². The van der Waals surface area contributed by atoms with Gasteiger partial charge in [-0.25, -0.2) is 4.79 Å². The van der Waals surface area contributed by atoms with Gasteiger partial charge in [0, 0.05) is 12.3 Å². The minimum absolute atomic E-state index is 0.100. The molecule has 0 aliphatic rings. The number of carbonyl (C=O) groups excluding carboxylic acids is 1. The lowest BCUT2D eigenvalue weighted by atomic mass is 10.0. The van der Waals surface area contributed by atoms with E-state index in [0.29, 0.717) is 12.2 Å². The van der Waals surface area contributed by atoms with E-state index in [2.05, 4.69) is 5.32 Å². The number of carboxylic acids is 2. The third kappa shape index (κ3) is 7.16. The summed E-state index contributed by atoms with van der Waals surface area (Å²) in [5, 5.41) is 19.9. The maximum absolute atomic E-state index is 11.7. The Morgan fingerprint density at radius 3 is 2.28 bits per heavy atom. The molecule has 3 N–H and O–H groups in total. The van der Waals surface area contributed by atoms with Gasteiger partial charge in [-0.3, -0.25) is 9.59 Å². The van der Waals surface area contributed by atoms with Crippen LogP contribution in [0, 0.1) is 5.92 Å². The lowest BCUT2D eigenvalue weighted by Gasteiger charge is -2.17. The standard InChI is InChI=1S/C11H19NO5S/c1-7(3-4-9(13)14)10(15)12-8(11(16)17)5-6-18-2/h7-8H,3-6H2,1-2H3,(H,12,15)(H,13,14)(H,16,17)/t7?,8-/m0/s1. The van der Waals surface area contributed by atoms with Gasteiger partial charge in [0.15, 0.2) is 0 Å². The van der Waals surface area contributed by atoms with E-state index in [9.17, 15) is 14.4 Å². The summed E-state index contributed by atoms with van der Waals surface area (Å²) in [6.45, 7) is 1.59. The zero-order chi connectivity index (χ0) is 14.1. The van der Waals surface area contributed by atoms with Crippen LogP contribution >= 0.6 is 11.8 Å². The molecule has 0 bridgehead atoms. The summed E-state index contributed by atoms with van der Waals surface area (Å²) >= 11 is 1.50. The molecule has 7 heteroatoms. The van der Waals surface area contributed by atoms with Gasteiger partial charge < -0.3 is 15.5 Å². The van der Waals surface area contributed by atoms with E-state index >= 15 is 0 Å². The Kier molecular flexibility index (Phi) is 8.19. The third-order valence-electron chi connectivity index (χ3n) is 2.46. The molecule has 0 aromatic heterocycles. The van der Waals surface area contributed by atoms with E-state index in [1.165, 1.54) is 11.8 Å². The number of nitrogens with one attached hydrogen (secondary N) is 1. The SMILES string of the molecule is CSCC[C@H](NC(=O)C(C)CCC(=O)O)C(=O)O. The molecule has 18 heavy (non-hydrogen) atoms. The molecule has 0 saturated heterocycles. The highest BCUT2D eigenvalue weighted by atomic mass is 32.2. The van der Waals surface area contributed by atoms with Gasteiger partial charge in [0.25, 0.3) is 0 Å². The second-order valence-electron chi connectivity index (χ2n) is 4.01. The molecule has 0 heterocycles. The first-order valence-electron chi connectivity index (χ1n) is 5.62. The lowest BCUT2D eigenvalue weighted by Crippen LogP contribution is -2.43. The average molecular weight is 277 g/mol. The zero-order valence-corrected chi connectivity index (χ0v) is 11.3. The number of rotatable bonds is 9. The molecule has 6 nitrogen and oxygen atoms in total. The molecule has 1 amide bonds.